The van der Waals surface area contributed by atoms with Crippen molar-refractivity contribution in [2.24, 2.45) is 5.73 Å². The largest absolute Gasteiger partial charge is 0.455 e. The van der Waals surface area contributed by atoms with Gasteiger partial charge in [0, 0.05) is 12.6 Å². The highest BCUT2D eigenvalue weighted by atomic mass is 19.4. The maximum atomic E-state index is 12.3. The van der Waals surface area contributed by atoms with Gasteiger partial charge in [0.2, 0.25) is 5.76 Å². The summed E-state index contributed by atoms with van der Waals surface area (Å²) in [7, 11) is 1.83. The van der Waals surface area contributed by atoms with E-state index in [1.807, 2.05) is 11.9 Å². The molecule has 2 unspecified atom stereocenters. The van der Waals surface area contributed by atoms with Gasteiger partial charge in [0.15, 0.2) is 0 Å². The zero-order chi connectivity index (χ0) is 11.9. The number of furan rings is 1. The van der Waals surface area contributed by atoms with Crippen LogP contribution < -0.4 is 5.73 Å². The summed E-state index contributed by atoms with van der Waals surface area (Å²) in [6.07, 6.45) is -3.66. The van der Waals surface area contributed by atoms with Gasteiger partial charge in [-0.2, -0.15) is 13.2 Å². The van der Waals surface area contributed by atoms with E-state index in [-0.39, 0.29) is 12.1 Å². The molecule has 1 aliphatic heterocycles. The smallest absolute Gasteiger partial charge is 0.449 e. The maximum absolute atomic E-state index is 12.3. The quantitative estimate of drug-likeness (QED) is 0.808. The summed E-state index contributed by atoms with van der Waals surface area (Å²) in [5.74, 6) is -0.671. The third-order valence-electron chi connectivity index (χ3n) is 2.89. The van der Waals surface area contributed by atoms with E-state index in [1.165, 1.54) is 6.07 Å². The normalized spacial score (nSPS) is 27.6. The molecule has 2 N–H and O–H groups in total. The number of nitrogens with two attached hydrogens (primary N) is 1. The fraction of sp³-hybridized carbons (Fsp3) is 0.600. The molecular weight excluding hydrogens is 221 g/mol. The second kappa shape index (κ2) is 3.78. The molecule has 0 spiro atoms. The summed E-state index contributed by atoms with van der Waals surface area (Å²) in [5.41, 5.74) is 5.84. The van der Waals surface area contributed by atoms with Crippen molar-refractivity contribution in [2.45, 2.75) is 24.7 Å². The summed E-state index contributed by atoms with van der Waals surface area (Å²) in [5, 5.41) is 0. The zero-order valence-corrected chi connectivity index (χ0v) is 8.79. The lowest BCUT2D eigenvalue weighted by Gasteiger charge is -2.20. The number of likely N-dealkylation sites (N-methyl/N-ethyl adjacent to an activating group) is 1. The lowest BCUT2D eigenvalue weighted by atomic mass is 10.1. The first-order valence-corrected chi connectivity index (χ1v) is 5.02. The molecule has 2 rings (SSSR count). The molecule has 0 bridgehead atoms. The van der Waals surface area contributed by atoms with Gasteiger partial charge in [-0.1, -0.05) is 0 Å². The Kier molecular flexibility index (Phi) is 2.71. The van der Waals surface area contributed by atoms with Crippen LogP contribution in [0.25, 0.3) is 0 Å². The number of nitrogens with zero attached hydrogens (tertiary/aromatic N) is 1. The van der Waals surface area contributed by atoms with Gasteiger partial charge in [0.25, 0.3) is 0 Å². The number of hydrogen-bond acceptors (Lipinski definition) is 3. The molecule has 1 aromatic heterocycles. The topological polar surface area (TPSA) is 42.4 Å². The maximum Gasteiger partial charge on any atom is 0.449 e. The van der Waals surface area contributed by atoms with E-state index in [9.17, 15) is 13.2 Å². The van der Waals surface area contributed by atoms with Crippen LogP contribution in [0, 0.1) is 0 Å². The van der Waals surface area contributed by atoms with Crippen LogP contribution in [-0.4, -0.2) is 24.5 Å². The summed E-state index contributed by atoms with van der Waals surface area (Å²) in [6.45, 7) is 0.772. The van der Waals surface area contributed by atoms with Crippen LogP contribution in [0.3, 0.4) is 0 Å². The summed E-state index contributed by atoms with van der Waals surface area (Å²) < 4.78 is 41.9. The predicted molar refractivity (Wildman–Crippen MR) is 51.7 cm³/mol. The molecule has 0 amide bonds. The lowest BCUT2D eigenvalue weighted by molar-refractivity contribution is -0.153. The summed E-state index contributed by atoms with van der Waals surface area (Å²) in [4.78, 5) is 1.91. The summed E-state index contributed by atoms with van der Waals surface area (Å²) >= 11 is 0. The molecule has 2 atom stereocenters. The van der Waals surface area contributed by atoms with Gasteiger partial charge in [-0.25, -0.2) is 0 Å². The molecule has 0 aromatic carbocycles. The number of likely N-dealkylation sites (tertiary alicyclic amines) is 1. The van der Waals surface area contributed by atoms with Gasteiger partial charge < -0.3 is 10.2 Å². The van der Waals surface area contributed by atoms with Gasteiger partial charge in [-0.05, 0) is 25.6 Å². The van der Waals surface area contributed by atoms with Crippen LogP contribution in [0.5, 0.6) is 0 Å². The van der Waals surface area contributed by atoms with Crippen molar-refractivity contribution in [1.29, 1.82) is 0 Å². The fourth-order valence-corrected chi connectivity index (χ4v) is 2.07. The minimum Gasteiger partial charge on any atom is -0.455 e. The van der Waals surface area contributed by atoms with Crippen molar-refractivity contribution in [3.63, 3.8) is 0 Å². The molecule has 0 radical (unpaired) electrons. The predicted octanol–water partition coefficient (Wildman–Crippen LogP) is 2.00. The Morgan fingerprint density at radius 1 is 1.44 bits per heavy atom. The Morgan fingerprint density at radius 3 is 2.56 bits per heavy atom. The first-order chi connectivity index (χ1) is 7.39. The molecule has 1 aliphatic rings. The van der Waals surface area contributed by atoms with Crippen LogP contribution in [0.2, 0.25) is 0 Å². The van der Waals surface area contributed by atoms with E-state index in [4.69, 9.17) is 10.2 Å². The van der Waals surface area contributed by atoms with Crippen molar-refractivity contribution >= 4 is 0 Å². The Labute approximate surface area is 91.0 Å². The molecule has 0 aliphatic carbocycles. The van der Waals surface area contributed by atoms with Gasteiger partial charge in [0.05, 0.1) is 6.04 Å². The van der Waals surface area contributed by atoms with Crippen LogP contribution in [0.4, 0.5) is 13.2 Å². The second-order valence-electron chi connectivity index (χ2n) is 4.08. The minimum atomic E-state index is -4.43. The average Bonchev–Trinajstić information content (AvgIpc) is 2.72. The molecule has 2 heterocycles. The van der Waals surface area contributed by atoms with E-state index in [0.717, 1.165) is 19.0 Å². The van der Waals surface area contributed by atoms with Crippen molar-refractivity contribution in [3.05, 3.63) is 23.7 Å². The number of alkyl halides is 3. The zero-order valence-electron chi connectivity index (χ0n) is 8.79. The standard InChI is InChI=1S/C10H13F3N2O/c1-15-5-4-6(14)9(15)7-2-3-8(16-7)10(11,12)13/h2-3,6,9H,4-5,14H2,1H3. The van der Waals surface area contributed by atoms with E-state index in [1.54, 1.807) is 0 Å². The first-order valence-electron chi connectivity index (χ1n) is 5.02. The third-order valence-corrected chi connectivity index (χ3v) is 2.89. The number of hydrogen-bond donors (Lipinski definition) is 1. The van der Waals surface area contributed by atoms with Crippen molar-refractivity contribution < 1.29 is 17.6 Å². The molecule has 16 heavy (non-hydrogen) atoms. The average molecular weight is 234 g/mol. The van der Waals surface area contributed by atoms with Gasteiger partial charge in [-0.3, -0.25) is 4.90 Å². The fourth-order valence-electron chi connectivity index (χ4n) is 2.07. The second-order valence-corrected chi connectivity index (χ2v) is 4.08. The molecule has 3 nitrogen and oxygen atoms in total. The Morgan fingerprint density at radius 2 is 2.12 bits per heavy atom. The molecule has 90 valence electrons. The Hall–Kier alpha value is -1.01. The molecule has 0 saturated carbocycles. The van der Waals surface area contributed by atoms with Crippen LogP contribution >= 0.6 is 0 Å². The monoisotopic (exact) mass is 234 g/mol. The van der Waals surface area contributed by atoms with Crippen LogP contribution in [0.15, 0.2) is 16.5 Å². The van der Waals surface area contributed by atoms with E-state index in [2.05, 4.69) is 0 Å². The Balaban J connectivity index is 2.25. The molecule has 1 aromatic rings. The molecule has 1 fully saturated rings. The highest BCUT2D eigenvalue weighted by Gasteiger charge is 2.38. The lowest BCUT2D eigenvalue weighted by Crippen LogP contribution is -2.29. The molecular formula is C10H13F3N2O. The Bertz CT molecular complexity index is 364. The SMILES string of the molecule is CN1CCC(N)C1c1ccc(C(F)(F)F)o1. The van der Waals surface area contributed by atoms with Crippen molar-refractivity contribution in [2.75, 3.05) is 13.6 Å². The minimum absolute atomic E-state index is 0.169. The van der Waals surface area contributed by atoms with Crippen LogP contribution in [0.1, 0.15) is 24.0 Å². The van der Waals surface area contributed by atoms with Gasteiger partial charge in [-0.15, -0.1) is 0 Å². The number of halogens is 3. The van der Waals surface area contributed by atoms with Gasteiger partial charge in [0.1, 0.15) is 5.76 Å². The highest BCUT2D eigenvalue weighted by molar-refractivity contribution is 5.16. The van der Waals surface area contributed by atoms with E-state index >= 15 is 0 Å². The highest BCUT2D eigenvalue weighted by Crippen LogP contribution is 2.36. The summed E-state index contributed by atoms with van der Waals surface area (Å²) in [6, 6.07) is 1.89. The third kappa shape index (κ3) is 1.94. The van der Waals surface area contributed by atoms with Gasteiger partial charge >= 0.3 is 6.18 Å². The van der Waals surface area contributed by atoms with E-state index < -0.39 is 11.9 Å². The van der Waals surface area contributed by atoms with Crippen LogP contribution in [-0.2, 0) is 6.18 Å². The molecule has 1 saturated heterocycles. The number of rotatable bonds is 1. The molecule has 6 heteroatoms. The first kappa shape index (κ1) is 11.5. The van der Waals surface area contributed by atoms with E-state index in [0.29, 0.717) is 5.76 Å². The van der Waals surface area contributed by atoms with Crippen molar-refractivity contribution in [3.8, 4) is 0 Å². The van der Waals surface area contributed by atoms with Crippen molar-refractivity contribution in [1.82, 2.24) is 4.90 Å².